The molecular weight excluding hydrogens is 862 g/mol. The van der Waals surface area contributed by atoms with Crippen LogP contribution in [0.5, 0.6) is 0 Å². The summed E-state index contributed by atoms with van der Waals surface area (Å²) in [5.41, 5.74) is 9.78. The first-order valence-electron chi connectivity index (χ1n) is 25.4. The molecule has 1 unspecified atom stereocenters. The minimum absolute atomic E-state index is 0.0690. The van der Waals surface area contributed by atoms with Crippen LogP contribution in [0.1, 0.15) is 150 Å². The number of hydrogen-bond acceptors (Lipinski definition) is 7. The summed E-state index contributed by atoms with van der Waals surface area (Å²) in [5, 5.41) is 4.67. The average Bonchev–Trinajstić information content (AvgIpc) is 3.48. The van der Waals surface area contributed by atoms with Gasteiger partial charge < -0.3 is 24.4 Å². The number of ether oxygens (including phenoxy) is 3. The Labute approximate surface area is 405 Å². The van der Waals surface area contributed by atoms with Crippen molar-refractivity contribution in [1.82, 2.24) is 5.32 Å². The smallest absolute Gasteiger partial charge is 0.258 e. The number of benzene rings is 2. The Morgan fingerprint density at radius 2 is 1.65 bits per heavy atom. The minimum Gasteiger partial charge on any atom is -0.441 e. The third-order valence-electron chi connectivity index (χ3n) is 16.6. The highest BCUT2D eigenvalue weighted by atomic mass is 35.5. The molecule has 8 nitrogen and oxygen atoms in total. The number of nitrogens with zero attached hydrogens (tertiary/aromatic N) is 2. The van der Waals surface area contributed by atoms with Crippen molar-refractivity contribution in [2.24, 2.45) is 23.7 Å². The molecule has 2 bridgehead atoms. The SMILES string of the molecule is CCCCN1C(=CC=C2CCCC(C=CC3=[N+](CCCCCCNC(=S)OC4O[C@H]5O[C@]6(C)CC[C@@H]7[C@@H](C)CC[C@H]([C@@H]4C)[C@]57OO6)c4ccccc4C3(C)C)=C2Cl)C(C)(C)c2ccccc21. The lowest BCUT2D eigenvalue weighted by molar-refractivity contribution is -0.576. The predicted molar refractivity (Wildman–Crippen MR) is 270 cm³/mol. The summed E-state index contributed by atoms with van der Waals surface area (Å²) >= 11 is 13.1. The maximum absolute atomic E-state index is 7.34. The molecule has 10 heteroatoms. The van der Waals surface area contributed by atoms with Crippen LogP contribution in [0.2, 0.25) is 0 Å². The molecule has 8 aliphatic rings. The Hall–Kier alpha value is -3.31. The molecule has 1 N–H and O–H groups in total. The van der Waals surface area contributed by atoms with E-state index in [1.165, 1.54) is 51.5 Å². The maximum atomic E-state index is 7.34. The van der Waals surface area contributed by atoms with Gasteiger partial charge in [-0.05, 0) is 131 Å². The van der Waals surface area contributed by atoms with Gasteiger partial charge in [0.25, 0.3) is 5.17 Å². The van der Waals surface area contributed by atoms with E-state index in [2.05, 4.69) is 136 Å². The maximum Gasteiger partial charge on any atom is 0.258 e. The van der Waals surface area contributed by atoms with E-state index < -0.39 is 24.0 Å². The Kier molecular flexibility index (Phi) is 13.9. The van der Waals surface area contributed by atoms with E-state index in [0.29, 0.717) is 17.0 Å². The Morgan fingerprint density at radius 1 is 0.879 bits per heavy atom. The molecule has 10 rings (SSSR count). The lowest BCUT2D eigenvalue weighted by Gasteiger charge is -2.60. The van der Waals surface area contributed by atoms with E-state index in [4.69, 9.17) is 47.8 Å². The van der Waals surface area contributed by atoms with Crippen molar-refractivity contribution in [2.45, 2.75) is 174 Å². The third kappa shape index (κ3) is 8.70. The topological polar surface area (TPSA) is 64.4 Å². The van der Waals surface area contributed by atoms with Crippen molar-refractivity contribution in [3.05, 3.63) is 106 Å². The minimum atomic E-state index is -0.813. The first kappa shape index (κ1) is 47.7. The Balaban J connectivity index is 0.815. The number of hydrogen-bond donors (Lipinski definition) is 1. The van der Waals surface area contributed by atoms with Gasteiger partial charge >= 0.3 is 0 Å². The van der Waals surface area contributed by atoms with Gasteiger partial charge in [-0.25, -0.2) is 9.78 Å². The van der Waals surface area contributed by atoms with Crippen LogP contribution in [0.25, 0.3) is 0 Å². The summed E-state index contributed by atoms with van der Waals surface area (Å²) in [6, 6.07) is 17.8. The fourth-order valence-corrected chi connectivity index (χ4v) is 13.3. The molecule has 5 fully saturated rings. The molecule has 6 aliphatic heterocycles. The molecule has 1 spiro atoms. The van der Waals surface area contributed by atoms with E-state index in [1.54, 1.807) is 0 Å². The number of fused-ring (bicyclic) bond motifs is 4. The van der Waals surface area contributed by atoms with Gasteiger partial charge in [0.2, 0.25) is 17.8 Å². The highest BCUT2D eigenvalue weighted by Crippen LogP contribution is 2.60. The monoisotopic (exact) mass is 937 g/mol. The highest BCUT2D eigenvalue weighted by molar-refractivity contribution is 7.80. The molecule has 1 saturated carbocycles. The first-order valence-corrected chi connectivity index (χ1v) is 26.2. The number of allylic oxidation sites excluding steroid dienone is 8. The molecule has 2 aliphatic carbocycles. The molecule has 6 heterocycles. The largest absolute Gasteiger partial charge is 0.441 e. The van der Waals surface area contributed by atoms with Crippen molar-refractivity contribution in [3.8, 4) is 0 Å². The van der Waals surface area contributed by atoms with E-state index in [-0.39, 0.29) is 22.7 Å². The van der Waals surface area contributed by atoms with Crippen LogP contribution in [0.3, 0.4) is 0 Å². The molecule has 2 aromatic carbocycles. The van der Waals surface area contributed by atoms with Gasteiger partial charge in [0, 0.05) is 77.3 Å². The van der Waals surface area contributed by atoms with Crippen LogP contribution in [0.4, 0.5) is 11.4 Å². The molecule has 0 aromatic heterocycles. The molecule has 356 valence electrons. The van der Waals surface area contributed by atoms with Gasteiger partial charge in [-0.3, -0.25) is 0 Å². The van der Waals surface area contributed by atoms with E-state index in [1.807, 2.05) is 6.92 Å². The second kappa shape index (κ2) is 19.2. The third-order valence-corrected chi connectivity index (χ3v) is 17.3. The second-order valence-corrected chi connectivity index (χ2v) is 22.4. The predicted octanol–water partition coefficient (Wildman–Crippen LogP) is 13.4. The lowest BCUT2D eigenvalue weighted by atomic mass is 9.58. The summed E-state index contributed by atoms with van der Waals surface area (Å²) in [6.07, 6.45) is 22.0. The Morgan fingerprint density at radius 3 is 2.47 bits per heavy atom. The summed E-state index contributed by atoms with van der Waals surface area (Å²) in [4.78, 5) is 14.8. The fraction of sp³-hybridized carbons (Fsp3) is 0.607. The first-order chi connectivity index (χ1) is 31.7. The number of anilines is 1. The van der Waals surface area contributed by atoms with Crippen molar-refractivity contribution in [2.75, 3.05) is 24.5 Å². The fourth-order valence-electron chi connectivity index (χ4n) is 12.7. The molecule has 2 aromatic rings. The molecule has 4 saturated heterocycles. The number of halogens is 1. The van der Waals surface area contributed by atoms with Crippen LogP contribution >= 0.6 is 23.8 Å². The van der Waals surface area contributed by atoms with Gasteiger partial charge in [0.1, 0.15) is 6.54 Å². The zero-order valence-electron chi connectivity index (χ0n) is 40.9. The molecule has 0 radical (unpaired) electrons. The van der Waals surface area contributed by atoms with Crippen LogP contribution < -0.4 is 10.2 Å². The van der Waals surface area contributed by atoms with Crippen molar-refractivity contribution in [1.29, 1.82) is 0 Å². The van der Waals surface area contributed by atoms with Crippen molar-refractivity contribution in [3.63, 3.8) is 0 Å². The van der Waals surface area contributed by atoms with E-state index in [0.717, 1.165) is 102 Å². The van der Waals surface area contributed by atoms with Crippen LogP contribution in [-0.2, 0) is 34.8 Å². The van der Waals surface area contributed by atoms with Crippen molar-refractivity contribution >= 4 is 46.1 Å². The zero-order chi connectivity index (χ0) is 46.4. The summed E-state index contributed by atoms with van der Waals surface area (Å²) < 4.78 is 22.0. The average molecular weight is 938 g/mol. The standard InChI is InChI=1S/C56H74ClN3O5S/c1-9-10-35-59-45-24-15-13-22-43(45)53(4,5)47(59)30-27-39-20-19-21-40(49(39)57)28-31-48-54(6,7)44-23-14-16-25-46(44)60(48)36-18-12-11-17-34-58-52(66)62-50-38(3)42-29-26-37(2)41-32-33-55(8)63-51(61-50)56(41,42)65-64-55/h13-16,22-25,27-28,30-31,37-38,41-42,50-51H,9-12,17-21,26,29,32-36H2,1-8H3/p+1/t37-,38-,41+,42+,50?,51-,55-,56-/m0/s1. The normalized spacial score (nSPS) is 33.1. The van der Waals surface area contributed by atoms with E-state index >= 15 is 0 Å². The van der Waals surface area contributed by atoms with Gasteiger partial charge in [-0.2, -0.15) is 4.58 Å². The van der Waals surface area contributed by atoms with Gasteiger partial charge in [-0.15, -0.1) is 0 Å². The number of rotatable bonds is 14. The quantitative estimate of drug-likeness (QED) is 0.0870. The molecular formula is C56H75ClN3O5S+. The summed E-state index contributed by atoms with van der Waals surface area (Å²) in [7, 11) is 0. The molecule has 8 atom stereocenters. The number of thiocarbonyl (C=S) groups is 1. The molecule has 0 amide bonds. The Bertz CT molecular complexity index is 2320. The van der Waals surface area contributed by atoms with E-state index in [9.17, 15) is 0 Å². The van der Waals surface area contributed by atoms with Crippen molar-refractivity contribution < 1.29 is 28.6 Å². The number of nitrogens with one attached hydrogen (secondary N) is 1. The molecule has 66 heavy (non-hydrogen) atoms. The van der Waals surface area contributed by atoms with Gasteiger partial charge in [0.05, 0.1) is 5.41 Å². The highest BCUT2D eigenvalue weighted by Gasteiger charge is 2.69. The zero-order valence-corrected chi connectivity index (χ0v) is 42.5. The lowest BCUT2D eigenvalue weighted by Crippen LogP contribution is -2.70. The van der Waals surface area contributed by atoms with Gasteiger partial charge in [0.15, 0.2) is 17.6 Å². The number of unbranched alkanes of at least 4 members (excludes halogenated alkanes) is 4. The number of para-hydroxylation sites is 2. The summed E-state index contributed by atoms with van der Waals surface area (Å²) in [5.74, 6) is 0.300. The van der Waals surface area contributed by atoms with Crippen LogP contribution in [-0.4, -0.2) is 59.1 Å². The van der Waals surface area contributed by atoms with Crippen LogP contribution in [0.15, 0.2) is 94.7 Å². The van der Waals surface area contributed by atoms with Crippen LogP contribution in [0, 0.1) is 23.7 Å². The second-order valence-electron chi connectivity index (χ2n) is 21.6. The van der Waals surface area contributed by atoms with Gasteiger partial charge in [-0.1, -0.05) is 108 Å². The summed E-state index contributed by atoms with van der Waals surface area (Å²) in [6.45, 7) is 20.9.